The first kappa shape index (κ1) is 21.9. The minimum atomic E-state index is -4.16. The van der Waals surface area contributed by atoms with Gasteiger partial charge in [-0.25, -0.2) is 0 Å². The first-order valence-corrected chi connectivity index (χ1v) is 9.44. The normalized spacial score (nSPS) is 16.8. The molecule has 0 bridgehead atoms. The number of nitrogens with zero attached hydrogens (tertiary/aromatic N) is 1. The van der Waals surface area contributed by atoms with Gasteiger partial charge in [-0.3, -0.25) is 9.78 Å². The van der Waals surface area contributed by atoms with Gasteiger partial charge in [-0.05, 0) is 30.9 Å². The van der Waals surface area contributed by atoms with Gasteiger partial charge in [0.15, 0.2) is 0 Å². The zero-order valence-electron chi connectivity index (χ0n) is 16.0. The van der Waals surface area contributed by atoms with E-state index in [1.54, 1.807) is 12.1 Å². The number of carbonyl (C=O) groups excluding carboxylic acids is 1. The van der Waals surface area contributed by atoms with E-state index in [1.807, 2.05) is 32.0 Å². The molecule has 0 aliphatic heterocycles. The van der Waals surface area contributed by atoms with Gasteiger partial charge in [0.2, 0.25) is 0 Å². The molecule has 152 valence electrons. The first-order valence-electron chi connectivity index (χ1n) is 9.44. The quantitative estimate of drug-likeness (QED) is 0.788. The Balaban J connectivity index is 0.00000136. The van der Waals surface area contributed by atoms with E-state index >= 15 is 0 Å². The molecule has 2 aromatic rings. The predicted molar refractivity (Wildman–Crippen MR) is 104 cm³/mol. The smallest absolute Gasteiger partial charge is 0.392 e. The van der Waals surface area contributed by atoms with Gasteiger partial charge < -0.3 is 10.4 Å². The maximum atomic E-state index is 12.8. The van der Waals surface area contributed by atoms with E-state index in [0.29, 0.717) is 17.5 Å². The third-order valence-electron chi connectivity index (χ3n) is 4.59. The summed E-state index contributed by atoms with van der Waals surface area (Å²) in [5, 5.41) is 12.1. The first-order chi connectivity index (χ1) is 13.4. The molecule has 0 saturated heterocycles. The fourth-order valence-electron chi connectivity index (χ4n) is 3.19. The van der Waals surface area contributed by atoms with Crippen molar-refractivity contribution >= 4 is 22.4 Å². The molecule has 7 heteroatoms. The minimum Gasteiger partial charge on any atom is -0.395 e. The Morgan fingerprint density at radius 1 is 1.32 bits per heavy atom. The molecule has 3 rings (SSSR count). The lowest BCUT2D eigenvalue weighted by atomic mass is 9.85. The van der Waals surface area contributed by atoms with Crippen molar-refractivity contribution in [1.82, 2.24) is 10.3 Å². The second-order valence-electron chi connectivity index (χ2n) is 6.32. The van der Waals surface area contributed by atoms with E-state index in [1.165, 1.54) is 6.20 Å². The number of aliphatic hydroxyl groups excluding tert-OH is 1. The van der Waals surface area contributed by atoms with Crippen LogP contribution in [-0.4, -0.2) is 35.3 Å². The van der Waals surface area contributed by atoms with E-state index < -0.39 is 12.1 Å². The molecule has 4 nitrogen and oxygen atoms in total. The number of hydrogen-bond acceptors (Lipinski definition) is 3. The number of aromatic nitrogens is 1. The van der Waals surface area contributed by atoms with Crippen molar-refractivity contribution in [2.45, 2.75) is 39.3 Å². The molecule has 1 aliphatic carbocycles. The van der Waals surface area contributed by atoms with Crippen molar-refractivity contribution in [1.29, 1.82) is 0 Å². The fraction of sp³-hybridized carbons (Fsp3) is 0.429. The Hall–Kier alpha value is -2.41. The van der Waals surface area contributed by atoms with Crippen molar-refractivity contribution in [3.63, 3.8) is 0 Å². The molecule has 1 amide bonds. The van der Waals surface area contributed by atoms with Crippen molar-refractivity contribution in [2.75, 3.05) is 13.2 Å². The highest BCUT2D eigenvalue weighted by Crippen LogP contribution is 2.40. The molecule has 1 heterocycles. The molecule has 1 atom stereocenters. The molecule has 0 radical (unpaired) electrons. The summed E-state index contributed by atoms with van der Waals surface area (Å²) in [6.07, 6.45) is -0.649. The summed E-state index contributed by atoms with van der Waals surface area (Å²) >= 11 is 0. The fourth-order valence-corrected chi connectivity index (χ4v) is 3.19. The summed E-state index contributed by atoms with van der Waals surface area (Å²) in [6.45, 7) is 4.01. The summed E-state index contributed by atoms with van der Waals surface area (Å²) in [4.78, 5) is 16.4. The average Bonchev–Trinajstić information content (AvgIpc) is 2.72. The highest BCUT2D eigenvalue weighted by molar-refractivity contribution is 5.99. The summed E-state index contributed by atoms with van der Waals surface area (Å²) in [5.74, 6) is -1.61. The molecule has 1 unspecified atom stereocenters. The molecule has 2 N–H and O–H groups in total. The number of alkyl halides is 3. The van der Waals surface area contributed by atoms with Gasteiger partial charge in [0.25, 0.3) is 5.91 Å². The van der Waals surface area contributed by atoms with Crippen LogP contribution in [0.5, 0.6) is 0 Å². The molecule has 0 spiro atoms. The third-order valence-corrected chi connectivity index (χ3v) is 4.59. The van der Waals surface area contributed by atoms with Crippen LogP contribution in [-0.2, 0) is 0 Å². The number of hydrogen-bond donors (Lipinski definition) is 2. The van der Waals surface area contributed by atoms with Gasteiger partial charge in [0.05, 0.1) is 23.6 Å². The van der Waals surface area contributed by atoms with E-state index in [4.69, 9.17) is 5.11 Å². The number of carbonyl (C=O) groups is 1. The Kier molecular flexibility index (Phi) is 7.57. The number of benzene rings is 1. The number of allylic oxidation sites excluding steroid dienone is 2. The van der Waals surface area contributed by atoms with Crippen LogP contribution >= 0.6 is 0 Å². The number of nitrogens with one attached hydrogen (secondary N) is 1. The van der Waals surface area contributed by atoms with Gasteiger partial charge in [0, 0.05) is 23.7 Å². The average molecular weight is 394 g/mol. The predicted octanol–water partition coefficient (Wildman–Crippen LogP) is 4.73. The van der Waals surface area contributed by atoms with E-state index in [2.05, 4.69) is 10.3 Å². The number of para-hydroxylation sites is 1. The number of amides is 1. The van der Waals surface area contributed by atoms with Crippen molar-refractivity contribution in [2.24, 2.45) is 5.92 Å². The van der Waals surface area contributed by atoms with Crippen molar-refractivity contribution < 1.29 is 23.1 Å². The lowest BCUT2D eigenvalue weighted by molar-refractivity contribution is -0.175. The van der Waals surface area contributed by atoms with Crippen LogP contribution in [0, 0.1) is 5.92 Å². The number of fused-ring (bicyclic) bond motifs is 1. The lowest BCUT2D eigenvalue weighted by Gasteiger charge is -2.24. The largest absolute Gasteiger partial charge is 0.395 e. The standard InChI is InChI=1S/C19H19F3N2O2.C2H6/c20-19(21,22)15-6-4-12(5-7-15)16-3-1-2-13-10-14(11-24-17(13)16)18(26)23-8-9-25;1-2/h1-4,10-11,15,25H,5-9H2,(H,23,26);1-2H3. The van der Waals surface area contributed by atoms with E-state index in [-0.39, 0.29) is 31.9 Å². The van der Waals surface area contributed by atoms with Gasteiger partial charge >= 0.3 is 6.18 Å². The van der Waals surface area contributed by atoms with Crippen LogP contribution in [0.15, 0.2) is 36.5 Å². The summed E-state index contributed by atoms with van der Waals surface area (Å²) in [6, 6.07) is 7.17. The Morgan fingerprint density at radius 2 is 2.07 bits per heavy atom. The van der Waals surface area contributed by atoms with E-state index in [0.717, 1.165) is 16.5 Å². The molecule has 28 heavy (non-hydrogen) atoms. The monoisotopic (exact) mass is 394 g/mol. The molecule has 0 fully saturated rings. The molecular weight excluding hydrogens is 369 g/mol. The van der Waals surface area contributed by atoms with Crippen LogP contribution in [0.25, 0.3) is 16.5 Å². The number of halogens is 3. The Bertz CT molecular complexity index is 847. The maximum Gasteiger partial charge on any atom is 0.392 e. The molecule has 1 aromatic carbocycles. The van der Waals surface area contributed by atoms with Crippen LogP contribution in [0.3, 0.4) is 0 Å². The van der Waals surface area contributed by atoms with Crippen LogP contribution in [0.2, 0.25) is 0 Å². The summed E-state index contributed by atoms with van der Waals surface area (Å²) in [7, 11) is 0. The van der Waals surface area contributed by atoms with Crippen LogP contribution in [0.1, 0.15) is 49.0 Å². The second-order valence-corrected chi connectivity index (χ2v) is 6.32. The number of pyridine rings is 1. The van der Waals surface area contributed by atoms with Gasteiger partial charge in [-0.2, -0.15) is 13.2 Å². The highest BCUT2D eigenvalue weighted by Gasteiger charge is 2.39. The Labute approximate surface area is 162 Å². The minimum absolute atomic E-state index is 0.0170. The summed E-state index contributed by atoms with van der Waals surface area (Å²) < 4.78 is 38.5. The topological polar surface area (TPSA) is 62.2 Å². The molecular formula is C21H25F3N2O2. The molecule has 0 saturated carbocycles. The number of rotatable bonds is 4. The van der Waals surface area contributed by atoms with Crippen LogP contribution < -0.4 is 5.32 Å². The zero-order valence-corrected chi connectivity index (χ0v) is 16.0. The van der Waals surface area contributed by atoms with Gasteiger partial charge in [-0.1, -0.05) is 38.1 Å². The second kappa shape index (κ2) is 9.68. The molecule has 1 aliphatic rings. The lowest BCUT2D eigenvalue weighted by Crippen LogP contribution is -2.26. The SMILES string of the molecule is CC.O=C(NCCO)c1cnc2c(C3=CCC(C(F)(F)F)CC3)cccc2c1. The zero-order chi connectivity index (χ0) is 20.7. The maximum absolute atomic E-state index is 12.8. The van der Waals surface area contributed by atoms with Crippen molar-refractivity contribution in [3.8, 4) is 0 Å². The third kappa shape index (κ3) is 5.10. The van der Waals surface area contributed by atoms with E-state index in [9.17, 15) is 18.0 Å². The summed E-state index contributed by atoms with van der Waals surface area (Å²) in [5.41, 5.74) is 2.72. The highest BCUT2D eigenvalue weighted by atomic mass is 19.4. The van der Waals surface area contributed by atoms with Gasteiger partial charge in [0.1, 0.15) is 0 Å². The van der Waals surface area contributed by atoms with Crippen LogP contribution in [0.4, 0.5) is 13.2 Å². The number of aliphatic hydroxyl groups is 1. The van der Waals surface area contributed by atoms with Gasteiger partial charge in [-0.15, -0.1) is 0 Å². The van der Waals surface area contributed by atoms with Crippen molar-refractivity contribution in [3.05, 3.63) is 47.7 Å². The Morgan fingerprint density at radius 3 is 2.68 bits per heavy atom. The molecule has 1 aromatic heterocycles.